The van der Waals surface area contributed by atoms with Crippen molar-refractivity contribution < 1.29 is 9.59 Å². The summed E-state index contributed by atoms with van der Waals surface area (Å²) in [4.78, 5) is 27.1. The molecule has 2 aromatic carbocycles. The molecule has 0 saturated carbocycles. The van der Waals surface area contributed by atoms with E-state index in [1.807, 2.05) is 49.3 Å². The van der Waals surface area contributed by atoms with Gasteiger partial charge in [0.1, 0.15) is 5.92 Å². The molecule has 0 bridgehead atoms. The van der Waals surface area contributed by atoms with Crippen LogP contribution < -0.4 is 4.90 Å². The Morgan fingerprint density at radius 1 is 0.952 bits per heavy atom. The molecule has 4 heteroatoms. The van der Waals surface area contributed by atoms with E-state index in [4.69, 9.17) is 0 Å². The van der Waals surface area contributed by atoms with Crippen molar-refractivity contribution in [1.29, 1.82) is 0 Å². The van der Waals surface area contributed by atoms with Crippen molar-refractivity contribution in [3.63, 3.8) is 0 Å². The fourth-order valence-corrected chi connectivity index (χ4v) is 3.07. The van der Waals surface area contributed by atoms with Crippen molar-refractivity contribution in [3.05, 3.63) is 63.6 Å². The highest BCUT2D eigenvalue weighted by molar-refractivity contribution is 9.10. The Morgan fingerprint density at radius 3 is 2.33 bits per heavy atom. The summed E-state index contributed by atoms with van der Waals surface area (Å²) in [5.74, 6) is -0.940. The molecule has 0 aromatic heterocycles. The average molecular weight is 344 g/mol. The van der Waals surface area contributed by atoms with Gasteiger partial charge in [-0.25, -0.2) is 0 Å². The molecule has 2 aromatic rings. The Balaban J connectivity index is 2.08. The molecular weight excluding hydrogens is 330 g/mol. The summed E-state index contributed by atoms with van der Waals surface area (Å²) in [6.45, 7) is 0. The van der Waals surface area contributed by atoms with Crippen LogP contribution in [-0.4, -0.2) is 25.7 Å². The van der Waals surface area contributed by atoms with Crippen molar-refractivity contribution in [3.8, 4) is 0 Å². The molecular formula is C17H14BrNO2. The maximum Gasteiger partial charge on any atom is 0.178 e. The number of rotatable bonds is 2. The molecule has 0 amide bonds. The number of fused-ring (bicyclic) bond motifs is 1. The molecule has 1 unspecified atom stereocenters. The van der Waals surface area contributed by atoms with E-state index in [2.05, 4.69) is 15.9 Å². The maximum atomic E-state index is 12.6. The third-order valence-corrected chi connectivity index (χ3v) is 4.25. The van der Waals surface area contributed by atoms with Gasteiger partial charge >= 0.3 is 0 Å². The topological polar surface area (TPSA) is 37.4 Å². The van der Waals surface area contributed by atoms with Crippen molar-refractivity contribution >= 4 is 33.2 Å². The van der Waals surface area contributed by atoms with Crippen LogP contribution in [0.2, 0.25) is 0 Å². The van der Waals surface area contributed by atoms with Gasteiger partial charge in [0.2, 0.25) is 0 Å². The van der Waals surface area contributed by atoms with Gasteiger partial charge in [-0.3, -0.25) is 9.59 Å². The fraction of sp³-hybridized carbons (Fsp3) is 0.176. The Hall–Kier alpha value is -1.94. The predicted molar refractivity (Wildman–Crippen MR) is 86.3 cm³/mol. The second-order valence-corrected chi connectivity index (χ2v) is 6.26. The van der Waals surface area contributed by atoms with Crippen LogP contribution in [0.15, 0.2) is 46.9 Å². The molecule has 0 spiro atoms. The summed E-state index contributed by atoms with van der Waals surface area (Å²) in [5, 5.41) is 0. The van der Waals surface area contributed by atoms with Crippen LogP contribution in [0.4, 0.5) is 5.69 Å². The van der Waals surface area contributed by atoms with Gasteiger partial charge in [0.15, 0.2) is 11.6 Å². The first-order chi connectivity index (χ1) is 9.99. The number of carbonyl (C=O) groups is 2. The number of hydrogen-bond acceptors (Lipinski definition) is 3. The smallest absolute Gasteiger partial charge is 0.178 e. The zero-order chi connectivity index (χ0) is 15.1. The van der Waals surface area contributed by atoms with Crippen molar-refractivity contribution in [2.24, 2.45) is 0 Å². The van der Waals surface area contributed by atoms with Crippen molar-refractivity contribution in [2.75, 3.05) is 19.0 Å². The van der Waals surface area contributed by atoms with Crippen LogP contribution in [0, 0.1) is 0 Å². The summed E-state index contributed by atoms with van der Waals surface area (Å²) in [5.41, 5.74) is 2.71. The molecule has 0 N–H and O–H groups in total. The van der Waals surface area contributed by atoms with Crippen LogP contribution in [-0.2, 0) is 0 Å². The molecule has 1 atom stereocenters. The highest BCUT2D eigenvalue weighted by Crippen LogP contribution is 2.36. The highest BCUT2D eigenvalue weighted by Gasteiger charge is 2.39. The first-order valence-corrected chi connectivity index (χ1v) is 7.43. The molecule has 0 aliphatic heterocycles. The zero-order valence-corrected chi connectivity index (χ0v) is 13.3. The van der Waals surface area contributed by atoms with Crippen LogP contribution in [0.25, 0.3) is 0 Å². The first kappa shape index (κ1) is 14.0. The fourth-order valence-electron chi connectivity index (χ4n) is 2.65. The van der Waals surface area contributed by atoms with E-state index in [-0.39, 0.29) is 11.6 Å². The lowest BCUT2D eigenvalue weighted by atomic mass is 9.94. The quantitative estimate of drug-likeness (QED) is 0.780. The summed E-state index contributed by atoms with van der Waals surface area (Å²) in [6, 6.07) is 12.8. The molecule has 1 aliphatic rings. The second kappa shape index (κ2) is 5.11. The van der Waals surface area contributed by atoms with E-state index >= 15 is 0 Å². The number of nitrogens with zero attached hydrogens (tertiary/aromatic N) is 1. The van der Waals surface area contributed by atoms with E-state index in [0.29, 0.717) is 11.1 Å². The van der Waals surface area contributed by atoms with Crippen molar-refractivity contribution in [2.45, 2.75) is 5.92 Å². The lowest BCUT2D eigenvalue weighted by Crippen LogP contribution is -2.12. The second-order valence-electron chi connectivity index (χ2n) is 5.34. The highest BCUT2D eigenvalue weighted by atomic mass is 79.9. The summed E-state index contributed by atoms with van der Waals surface area (Å²) in [7, 11) is 3.82. The van der Waals surface area contributed by atoms with Gasteiger partial charge in [-0.1, -0.05) is 28.1 Å². The SMILES string of the molecule is CN(C)c1ccc2c(c1)C(=O)C(c1cccc(Br)c1)C2=O. The number of hydrogen-bond donors (Lipinski definition) is 0. The normalized spacial score (nSPS) is 17.0. The van der Waals surface area contributed by atoms with Crippen LogP contribution in [0.1, 0.15) is 32.2 Å². The molecule has 0 radical (unpaired) electrons. The standard InChI is InChI=1S/C17H14BrNO2/c1-19(2)12-6-7-13-14(9-12)17(21)15(16(13)20)10-4-3-5-11(18)8-10/h3-9,15H,1-2H3. The van der Waals surface area contributed by atoms with Gasteiger partial charge in [-0.05, 0) is 35.9 Å². The number of Topliss-reactive ketones (excluding diaryl/α,β-unsaturated/α-hetero) is 2. The number of halogens is 1. The minimum Gasteiger partial charge on any atom is -0.378 e. The molecule has 0 heterocycles. The summed E-state index contributed by atoms with van der Waals surface area (Å²) in [6.07, 6.45) is 0. The minimum atomic E-state index is -0.713. The zero-order valence-electron chi connectivity index (χ0n) is 11.8. The monoisotopic (exact) mass is 343 g/mol. The van der Waals surface area contributed by atoms with E-state index < -0.39 is 5.92 Å². The van der Waals surface area contributed by atoms with E-state index in [9.17, 15) is 9.59 Å². The van der Waals surface area contributed by atoms with Gasteiger partial charge < -0.3 is 4.90 Å². The van der Waals surface area contributed by atoms with Gasteiger partial charge in [0, 0.05) is 35.4 Å². The van der Waals surface area contributed by atoms with Crippen molar-refractivity contribution in [1.82, 2.24) is 0 Å². The molecule has 1 aliphatic carbocycles. The Kier molecular flexibility index (Phi) is 3.41. The third kappa shape index (κ3) is 2.29. The van der Waals surface area contributed by atoms with Crippen LogP contribution in [0.3, 0.4) is 0 Å². The lowest BCUT2D eigenvalue weighted by molar-refractivity contribution is 0.0890. The lowest BCUT2D eigenvalue weighted by Gasteiger charge is -2.12. The van der Waals surface area contributed by atoms with Gasteiger partial charge in [0.05, 0.1) is 0 Å². The summed E-state index contributed by atoms with van der Waals surface area (Å²) < 4.78 is 0.866. The molecule has 106 valence electrons. The van der Waals surface area contributed by atoms with E-state index in [1.54, 1.807) is 12.1 Å². The molecule has 21 heavy (non-hydrogen) atoms. The largest absolute Gasteiger partial charge is 0.378 e. The number of ketones is 2. The molecule has 3 nitrogen and oxygen atoms in total. The predicted octanol–water partition coefficient (Wildman–Crippen LogP) is 3.68. The number of benzene rings is 2. The maximum absolute atomic E-state index is 12.6. The summed E-state index contributed by atoms with van der Waals surface area (Å²) >= 11 is 3.39. The van der Waals surface area contributed by atoms with Gasteiger partial charge in [0.25, 0.3) is 0 Å². The molecule has 0 saturated heterocycles. The van der Waals surface area contributed by atoms with E-state index in [0.717, 1.165) is 15.7 Å². The van der Waals surface area contributed by atoms with Crippen LogP contribution in [0.5, 0.6) is 0 Å². The van der Waals surface area contributed by atoms with Crippen LogP contribution >= 0.6 is 15.9 Å². The minimum absolute atomic E-state index is 0.113. The molecule has 0 fully saturated rings. The van der Waals surface area contributed by atoms with E-state index in [1.165, 1.54) is 0 Å². The van der Waals surface area contributed by atoms with Gasteiger partial charge in [-0.2, -0.15) is 0 Å². The first-order valence-electron chi connectivity index (χ1n) is 6.64. The third-order valence-electron chi connectivity index (χ3n) is 3.76. The number of anilines is 1. The Morgan fingerprint density at radius 2 is 1.67 bits per heavy atom. The Labute approximate surface area is 131 Å². The molecule has 3 rings (SSSR count). The number of carbonyl (C=O) groups excluding carboxylic acids is 2. The average Bonchev–Trinajstić information content (AvgIpc) is 2.70. The van der Waals surface area contributed by atoms with Gasteiger partial charge in [-0.15, -0.1) is 0 Å². The Bertz CT molecular complexity index is 752.